The number of rotatable bonds is 4. The molecule has 0 bridgehead atoms. The van der Waals surface area contributed by atoms with E-state index < -0.39 is 0 Å². The summed E-state index contributed by atoms with van der Waals surface area (Å²) in [4.78, 5) is 1.56. The number of fused-ring (bicyclic) bond motifs is 1. The molecule has 0 aromatic carbocycles. The second-order valence-corrected chi connectivity index (χ2v) is 6.67. The first kappa shape index (κ1) is 14.0. The quantitative estimate of drug-likeness (QED) is 0.914. The molecule has 2 aliphatic carbocycles. The van der Waals surface area contributed by atoms with Crippen LogP contribution in [0.15, 0.2) is 0 Å². The highest BCUT2D eigenvalue weighted by Crippen LogP contribution is 2.43. The van der Waals surface area contributed by atoms with E-state index in [2.05, 4.69) is 27.8 Å². The van der Waals surface area contributed by atoms with Crippen molar-refractivity contribution in [1.82, 2.24) is 25.5 Å². The van der Waals surface area contributed by atoms with Gasteiger partial charge in [-0.3, -0.25) is 0 Å². The van der Waals surface area contributed by atoms with Gasteiger partial charge >= 0.3 is 0 Å². The van der Waals surface area contributed by atoms with Crippen LogP contribution in [0.5, 0.6) is 0 Å². The van der Waals surface area contributed by atoms with Gasteiger partial charge in [-0.25, -0.2) is 0 Å². The Morgan fingerprint density at radius 1 is 1.20 bits per heavy atom. The van der Waals surface area contributed by atoms with Crippen molar-refractivity contribution in [2.24, 2.45) is 24.8 Å². The first-order chi connectivity index (χ1) is 9.76. The fourth-order valence-electron chi connectivity index (χ4n) is 4.38. The molecule has 0 spiro atoms. The molecule has 3 rings (SSSR count). The molecule has 0 aliphatic heterocycles. The third-order valence-electron chi connectivity index (χ3n) is 5.47. The van der Waals surface area contributed by atoms with E-state index in [-0.39, 0.29) is 0 Å². The number of aromatic nitrogens is 4. The minimum absolute atomic E-state index is 0.502. The molecule has 0 amide bonds. The zero-order valence-corrected chi connectivity index (χ0v) is 12.8. The molecule has 0 radical (unpaired) electrons. The van der Waals surface area contributed by atoms with Crippen molar-refractivity contribution in [3.63, 3.8) is 0 Å². The van der Waals surface area contributed by atoms with E-state index >= 15 is 0 Å². The lowest BCUT2D eigenvalue weighted by Crippen LogP contribution is -2.41. The monoisotopic (exact) mass is 277 g/mol. The second kappa shape index (κ2) is 6.20. The number of aryl methyl sites for hydroxylation is 1. The van der Waals surface area contributed by atoms with E-state index in [0.29, 0.717) is 6.04 Å². The Bertz CT molecular complexity index is 430. The van der Waals surface area contributed by atoms with Gasteiger partial charge in [-0.1, -0.05) is 25.7 Å². The molecule has 2 aliphatic rings. The minimum atomic E-state index is 0.502. The largest absolute Gasteiger partial charge is 0.316 e. The van der Waals surface area contributed by atoms with E-state index in [4.69, 9.17) is 0 Å². The van der Waals surface area contributed by atoms with Crippen LogP contribution in [0, 0.1) is 17.8 Å². The Morgan fingerprint density at radius 3 is 2.70 bits per heavy atom. The van der Waals surface area contributed by atoms with Gasteiger partial charge in [0.15, 0.2) is 5.82 Å². The van der Waals surface area contributed by atoms with Gasteiger partial charge in [0.1, 0.15) is 0 Å². The second-order valence-electron chi connectivity index (χ2n) is 6.67. The Labute approximate surface area is 121 Å². The third-order valence-corrected chi connectivity index (χ3v) is 5.47. The summed E-state index contributed by atoms with van der Waals surface area (Å²) < 4.78 is 0. The molecule has 5 nitrogen and oxygen atoms in total. The van der Waals surface area contributed by atoms with Crippen LogP contribution >= 0.6 is 0 Å². The molecule has 20 heavy (non-hydrogen) atoms. The Kier molecular flexibility index (Phi) is 4.34. The number of nitrogens with zero attached hydrogens (tertiary/aromatic N) is 4. The van der Waals surface area contributed by atoms with Crippen LogP contribution in [-0.4, -0.2) is 33.3 Å². The van der Waals surface area contributed by atoms with Gasteiger partial charge in [0, 0.05) is 12.5 Å². The highest BCUT2D eigenvalue weighted by atomic mass is 15.6. The molecular formula is C15H27N5. The zero-order valence-electron chi connectivity index (χ0n) is 12.8. The Morgan fingerprint density at radius 2 is 2.00 bits per heavy atom. The van der Waals surface area contributed by atoms with Gasteiger partial charge in [0.05, 0.1) is 7.05 Å². The summed E-state index contributed by atoms with van der Waals surface area (Å²) in [6.45, 7) is 0. The van der Waals surface area contributed by atoms with Gasteiger partial charge in [-0.05, 0) is 49.3 Å². The highest BCUT2D eigenvalue weighted by molar-refractivity contribution is 4.92. The van der Waals surface area contributed by atoms with E-state index in [0.717, 1.165) is 30.0 Å². The predicted octanol–water partition coefficient (Wildman–Crippen LogP) is 1.95. The van der Waals surface area contributed by atoms with Crippen LogP contribution in [0.2, 0.25) is 0 Å². The summed E-state index contributed by atoms with van der Waals surface area (Å²) in [5.74, 6) is 3.65. The minimum Gasteiger partial charge on any atom is -0.316 e. The molecule has 1 N–H and O–H groups in total. The summed E-state index contributed by atoms with van der Waals surface area (Å²) in [5.41, 5.74) is 0. The molecule has 4 atom stereocenters. The van der Waals surface area contributed by atoms with Crippen molar-refractivity contribution in [2.75, 3.05) is 7.05 Å². The smallest absolute Gasteiger partial charge is 0.176 e. The zero-order chi connectivity index (χ0) is 13.9. The van der Waals surface area contributed by atoms with Crippen molar-refractivity contribution in [1.29, 1.82) is 0 Å². The molecule has 0 saturated heterocycles. The Hall–Kier alpha value is -0.970. The average molecular weight is 277 g/mol. The molecule has 1 heterocycles. The average Bonchev–Trinajstić information content (AvgIpc) is 2.89. The highest BCUT2D eigenvalue weighted by Gasteiger charge is 2.35. The lowest BCUT2D eigenvalue weighted by molar-refractivity contribution is 0.110. The summed E-state index contributed by atoms with van der Waals surface area (Å²) in [7, 11) is 3.91. The standard InChI is InChI=1S/C15H27N5/c1-16-14(10-15-17-19-20(2)18-15)13-8-7-11-5-3-4-6-12(11)9-13/h11-14,16H,3-10H2,1-2H3. The van der Waals surface area contributed by atoms with Crippen molar-refractivity contribution >= 4 is 0 Å². The third kappa shape index (κ3) is 3.03. The SMILES string of the molecule is CNC(Cc1nnn(C)n1)C1CCC2CCCCC2C1. The van der Waals surface area contributed by atoms with E-state index in [1.54, 1.807) is 4.80 Å². The maximum atomic E-state index is 4.33. The molecule has 2 saturated carbocycles. The first-order valence-corrected chi connectivity index (χ1v) is 8.16. The molecule has 5 heteroatoms. The topological polar surface area (TPSA) is 55.6 Å². The lowest BCUT2D eigenvalue weighted by Gasteiger charge is -2.41. The number of hydrogen-bond acceptors (Lipinski definition) is 4. The van der Waals surface area contributed by atoms with Gasteiger partial charge in [-0.2, -0.15) is 4.80 Å². The molecular weight excluding hydrogens is 250 g/mol. The van der Waals surface area contributed by atoms with E-state index in [1.807, 2.05) is 7.05 Å². The van der Waals surface area contributed by atoms with Gasteiger partial charge in [-0.15, -0.1) is 10.2 Å². The predicted molar refractivity (Wildman–Crippen MR) is 78.1 cm³/mol. The normalized spacial score (nSPS) is 31.8. The molecule has 4 unspecified atom stereocenters. The summed E-state index contributed by atoms with van der Waals surface area (Å²) >= 11 is 0. The fourth-order valence-corrected chi connectivity index (χ4v) is 4.38. The van der Waals surface area contributed by atoms with E-state index in [1.165, 1.54) is 44.9 Å². The van der Waals surface area contributed by atoms with Crippen molar-refractivity contribution in [2.45, 2.75) is 57.4 Å². The van der Waals surface area contributed by atoms with Gasteiger partial charge in [0.25, 0.3) is 0 Å². The summed E-state index contributed by atoms with van der Waals surface area (Å²) in [6.07, 6.45) is 11.0. The van der Waals surface area contributed by atoms with E-state index in [9.17, 15) is 0 Å². The number of tetrazole rings is 1. The number of hydrogen-bond donors (Lipinski definition) is 1. The molecule has 1 aromatic rings. The maximum absolute atomic E-state index is 4.33. The molecule has 112 valence electrons. The van der Waals surface area contributed by atoms with Crippen LogP contribution in [0.25, 0.3) is 0 Å². The van der Waals surface area contributed by atoms with Crippen LogP contribution < -0.4 is 5.32 Å². The number of nitrogens with one attached hydrogen (secondary N) is 1. The van der Waals surface area contributed by atoms with Crippen molar-refractivity contribution < 1.29 is 0 Å². The fraction of sp³-hybridized carbons (Fsp3) is 0.933. The first-order valence-electron chi connectivity index (χ1n) is 8.16. The maximum Gasteiger partial charge on any atom is 0.176 e. The van der Waals surface area contributed by atoms with Crippen LogP contribution in [0.4, 0.5) is 0 Å². The van der Waals surface area contributed by atoms with Crippen molar-refractivity contribution in [3.8, 4) is 0 Å². The van der Waals surface area contributed by atoms with Gasteiger partial charge in [0.2, 0.25) is 0 Å². The molecule has 2 fully saturated rings. The number of likely N-dealkylation sites (N-methyl/N-ethyl adjacent to an activating group) is 1. The summed E-state index contributed by atoms with van der Waals surface area (Å²) in [5, 5.41) is 15.9. The van der Waals surface area contributed by atoms with Crippen LogP contribution in [0.1, 0.15) is 50.8 Å². The van der Waals surface area contributed by atoms with Gasteiger partial charge < -0.3 is 5.32 Å². The van der Waals surface area contributed by atoms with Crippen LogP contribution in [0.3, 0.4) is 0 Å². The Balaban J connectivity index is 1.61. The summed E-state index contributed by atoms with van der Waals surface area (Å²) in [6, 6.07) is 0.502. The van der Waals surface area contributed by atoms with Crippen molar-refractivity contribution in [3.05, 3.63) is 5.82 Å². The van der Waals surface area contributed by atoms with Crippen LogP contribution in [-0.2, 0) is 13.5 Å². The lowest BCUT2D eigenvalue weighted by atomic mass is 9.66. The molecule has 1 aromatic heterocycles.